The molecule has 0 aliphatic rings. The molecular formula is C16H25N3O. The van der Waals surface area contributed by atoms with Crippen molar-refractivity contribution >= 4 is 11.0 Å². The summed E-state index contributed by atoms with van der Waals surface area (Å²) in [5.41, 5.74) is 8.20. The number of para-hydroxylation sites is 2. The molecule has 1 heterocycles. The highest BCUT2D eigenvalue weighted by Crippen LogP contribution is 2.21. The second-order valence-electron chi connectivity index (χ2n) is 5.61. The first-order chi connectivity index (χ1) is 9.49. The van der Waals surface area contributed by atoms with Crippen molar-refractivity contribution in [2.24, 2.45) is 5.73 Å². The first kappa shape index (κ1) is 15.0. The van der Waals surface area contributed by atoms with Gasteiger partial charge in [-0.15, -0.1) is 0 Å². The lowest BCUT2D eigenvalue weighted by Crippen LogP contribution is -2.47. The maximum atomic E-state index is 6.34. The summed E-state index contributed by atoms with van der Waals surface area (Å²) in [5, 5.41) is 0. The summed E-state index contributed by atoms with van der Waals surface area (Å²) in [6.07, 6.45) is 0.718. The van der Waals surface area contributed by atoms with Crippen LogP contribution in [0.25, 0.3) is 11.0 Å². The molecule has 2 rings (SSSR count). The second-order valence-corrected chi connectivity index (χ2v) is 5.61. The fourth-order valence-corrected chi connectivity index (χ4v) is 2.56. The predicted molar refractivity (Wildman–Crippen MR) is 82.8 cm³/mol. The van der Waals surface area contributed by atoms with E-state index in [2.05, 4.69) is 17.6 Å². The standard InChI is InChI=1S/C16H25N3O/c1-5-19-13-10-8-7-9-12(13)18-15(19)11-14(17)16(3,4)20-6-2/h7-10,14H,5-6,11,17H2,1-4H3. The van der Waals surface area contributed by atoms with Crippen LogP contribution in [0.3, 0.4) is 0 Å². The zero-order chi connectivity index (χ0) is 14.8. The van der Waals surface area contributed by atoms with E-state index in [0.717, 1.165) is 24.3 Å². The number of ether oxygens (including phenoxy) is 1. The quantitative estimate of drug-likeness (QED) is 0.882. The molecule has 1 unspecified atom stereocenters. The molecule has 1 atom stereocenters. The zero-order valence-corrected chi connectivity index (χ0v) is 12.9. The molecule has 2 N–H and O–H groups in total. The summed E-state index contributed by atoms with van der Waals surface area (Å²) in [4.78, 5) is 4.72. The van der Waals surface area contributed by atoms with Crippen molar-refractivity contribution in [3.05, 3.63) is 30.1 Å². The Labute approximate surface area is 120 Å². The Bertz CT molecular complexity index is 574. The first-order valence-corrected chi connectivity index (χ1v) is 7.33. The molecule has 1 aromatic heterocycles. The van der Waals surface area contributed by atoms with Gasteiger partial charge in [0, 0.05) is 25.6 Å². The molecule has 0 radical (unpaired) electrons. The molecule has 110 valence electrons. The summed E-state index contributed by atoms with van der Waals surface area (Å²) in [5.74, 6) is 1.04. The number of imidazole rings is 1. The molecule has 0 saturated carbocycles. The Morgan fingerprint density at radius 2 is 2.00 bits per heavy atom. The van der Waals surface area contributed by atoms with E-state index in [4.69, 9.17) is 15.5 Å². The Morgan fingerprint density at radius 1 is 1.30 bits per heavy atom. The molecule has 0 spiro atoms. The van der Waals surface area contributed by atoms with Gasteiger partial charge in [-0.25, -0.2) is 4.98 Å². The normalized spacial score (nSPS) is 13.8. The van der Waals surface area contributed by atoms with Crippen molar-refractivity contribution in [3.63, 3.8) is 0 Å². The molecular weight excluding hydrogens is 250 g/mol. The monoisotopic (exact) mass is 275 g/mol. The summed E-state index contributed by atoms with van der Waals surface area (Å²) >= 11 is 0. The molecule has 4 heteroatoms. The van der Waals surface area contributed by atoms with Crippen molar-refractivity contribution in [1.82, 2.24) is 9.55 Å². The van der Waals surface area contributed by atoms with Gasteiger partial charge in [-0.3, -0.25) is 0 Å². The van der Waals surface area contributed by atoms with E-state index in [1.54, 1.807) is 0 Å². The number of fused-ring (bicyclic) bond motifs is 1. The molecule has 20 heavy (non-hydrogen) atoms. The van der Waals surface area contributed by atoms with Gasteiger partial charge in [-0.1, -0.05) is 12.1 Å². The smallest absolute Gasteiger partial charge is 0.111 e. The minimum atomic E-state index is -0.342. The highest BCUT2D eigenvalue weighted by atomic mass is 16.5. The fourth-order valence-electron chi connectivity index (χ4n) is 2.56. The SMILES string of the molecule is CCOC(C)(C)C(N)Cc1nc2ccccc2n1CC. The lowest BCUT2D eigenvalue weighted by atomic mass is 9.96. The summed E-state index contributed by atoms with van der Waals surface area (Å²) < 4.78 is 7.98. The number of nitrogens with zero attached hydrogens (tertiary/aromatic N) is 2. The number of aromatic nitrogens is 2. The van der Waals surface area contributed by atoms with Crippen molar-refractivity contribution in [2.45, 2.75) is 52.3 Å². The summed E-state index contributed by atoms with van der Waals surface area (Å²) in [6.45, 7) is 9.79. The Morgan fingerprint density at radius 3 is 2.65 bits per heavy atom. The maximum Gasteiger partial charge on any atom is 0.111 e. The van der Waals surface area contributed by atoms with Crippen LogP contribution in [0, 0.1) is 0 Å². The molecule has 0 aliphatic heterocycles. The summed E-state index contributed by atoms with van der Waals surface area (Å²) in [7, 11) is 0. The Balaban J connectivity index is 2.29. The highest BCUT2D eigenvalue weighted by Gasteiger charge is 2.28. The number of hydrogen-bond donors (Lipinski definition) is 1. The minimum absolute atomic E-state index is 0.0791. The van der Waals surface area contributed by atoms with Crippen LogP contribution in [0.5, 0.6) is 0 Å². The number of hydrogen-bond acceptors (Lipinski definition) is 3. The largest absolute Gasteiger partial charge is 0.374 e. The molecule has 0 fully saturated rings. The molecule has 2 aromatic rings. The van der Waals surface area contributed by atoms with Gasteiger partial charge in [0.25, 0.3) is 0 Å². The van der Waals surface area contributed by atoms with Crippen LogP contribution in [0.2, 0.25) is 0 Å². The van der Waals surface area contributed by atoms with Gasteiger partial charge < -0.3 is 15.0 Å². The van der Waals surface area contributed by atoms with Crippen LogP contribution in [0.4, 0.5) is 0 Å². The van der Waals surface area contributed by atoms with Gasteiger partial charge in [-0.05, 0) is 39.8 Å². The van der Waals surface area contributed by atoms with E-state index >= 15 is 0 Å². The van der Waals surface area contributed by atoms with E-state index < -0.39 is 0 Å². The third-order valence-corrected chi connectivity index (χ3v) is 3.86. The average molecular weight is 275 g/mol. The van der Waals surface area contributed by atoms with Crippen LogP contribution in [-0.2, 0) is 17.7 Å². The van der Waals surface area contributed by atoms with Gasteiger partial charge in [0.2, 0.25) is 0 Å². The average Bonchev–Trinajstić information content (AvgIpc) is 2.75. The van der Waals surface area contributed by atoms with Gasteiger partial charge in [0.15, 0.2) is 0 Å². The second kappa shape index (κ2) is 5.94. The lowest BCUT2D eigenvalue weighted by Gasteiger charge is -2.31. The van der Waals surface area contributed by atoms with E-state index in [1.165, 1.54) is 5.52 Å². The topological polar surface area (TPSA) is 53.1 Å². The van der Waals surface area contributed by atoms with Crippen molar-refractivity contribution in [2.75, 3.05) is 6.61 Å². The molecule has 0 bridgehead atoms. The van der Waals surface area contributed by atoms with Crippen molar-refractivity contribution in [3.8, 4) is 0 Å². The van der Waals surface area contributed by atoms with Gasteiger partial charge in [0.1, 0.15) is 5.82 Å². The molecule has 4 nitrogen and oxygen atoms in total. The minimum Gasteiger partial charge on any atom is -0.374 e. The first-order valence-electron chi connectivity index (χ1n) is 7.33. The lowest BCUT2D eigenvalue weighted by molar-refractivity contribution is -0.0293. The number of benzene rings is 1. The van der Waals surface area contributed by atoms with E-state index in [9.17, 15) is 0 Å². The number of nitrogens with two attached hydrogens (primary N) is 1. The fraction of sp³-hybridized carbons (Fsp3) is 0.562. The van der Waals surface area contributed by atoms with Crippen LogP contribution < -0.4 is 5.73 Å². The number of rotatable bonds is 6. The van der Waals surface area contributed by atoms with Gasteiger partial charge >= 0.3 is 0 Å². The Kier molecular flexibility index (Phi) is 4.45. The predicted octanol–water partition coefficient (Wildman–Crippen LogP) is 2.74. The van der Waals surface area contributed by atoms with Gasteiger partial charge in [-0.2, -0.15) is 0 Å². The van der Waals surface area contributed by atoms with Crippen LogP contribution in [0.15, 0.2) is 24.3 Å². The summed E-state index contributed by atoms with van der Waals surface area (Å²) in [6, 6.07) is 8.14. The third kappa shape index (κ3) is 2.86. The van der Waals surface area contributed by atoms with E-state index in [0.29, 0.717) is 6.61 Å². The molecule has 0 amide bonds. The van der Waals surface area contributed by atoms with E-state index in [-0.39, 0.29) is 11.6 Å². The number of aryl methyl sites for hydroxylation is 1. The molecule has 0 aliphatic carbocycles. The van der Waals surface area contributed by atoms with Crippen LogP contribution >= 0.6 is 0 Å². The molecule has 1 aromatic carbocycles. The van der Waals surface area contributed by atoms with Crippen molar-refractivity contribution in [1.29, 1.82) is 0 Å². The van der Waals surface area contributed by atoms with Crippen LogP contribution in [-0.4, -0.2) is 27.8 Å². The van der Waals surface area contributed by atoms with E-state index in [1.807, 2.05) is 39.0 Å². The Hall–Kier alpha value is -1.39. The molecule has 0 saturated heterocycles. The van der Waals surface area contributed by atoms with Crippen molar-refractivity contribution < 1.29 is 4.74 Å². The maximum absolute atomic E-state index is 6.34. The van der Waals surface area contributed by atoms with Crippen LogP contribution in [0.1, 0.15) is 33.5 Å². The highest BCUT2D eigenvalue weighted by molar-refractivity contribution is 5.75. The van der Waals surface area contributed by atoms with Gasteiger partial charge in [0.05, 0.1) is 16.6 Å². The third-order valence-electron chi connectivity index (χ3n) is 3.86. The zero-order valence-electron chi connectivity index (χ0n) is 12.9.